The molecule has 13 heavy (non-hydrogen) atoms. The van der Waals surface area contributed by atoms with Crippen LogP contribution in [0.15, 0.2) is 0 Å². The molecule has 9 nitrogen and oxygen atoms in total. The van der Waals surface area contributed by atoms with Crippen LogP contribution in [0.3, 0.4) is 0 Å². The van der Waals surface area contributed by atoms with Crippen molar-refractivity contribution in [3.05, 3.63) is 0 Å². The minimum atomic E-state index is -4.11. The van der Waals surface area contributed by atoms with Gasteiger partial charge in [-0.15, -0.1) is 0 Å². The zero-order valence-electron chi connectivity index (χ0n) is 6.10. The van der Waals surface area contributed by atoms with E-state index in [0.717, 1.165) is 0 Å². The fourth-order valence-corrected chi connectivity index (χ4v) is 0.779. The van der Waals surface area contributed by atoms with Crippen LogP contribution in [0.1, 0.15) is 0 Å². The molecule has 0 fully saturated rings. The molecular weight excluding hydrogens is 192 g/mol. The zero-order chi connectivity index (χ0) is 11.1. The van der Waals surface area contributed by atoms with Crippen molar-refractivity contribution in [3.8, 4) is 0 Å². The Balaban J connectivity index is 5.02. The molecule has 0 saturated carbocycles. The van der Waals surface area contributed by atoms with Crippen LogP contribution < -0.4 is 0 Å². The summed E-state index contributed by atoms with van der Waals surface area (Å²) in [5.74, 6) is -15.6. The monoisotopic (exact) mass is 202 g/mol. The van der Waals surface area contributed by atoms with Crippen LogP contribution in [0.2, 0.25) is 0 Å². The van der Waals surface area contributed by atoms with Gasteiger partial charge in [0.2, 0.25) is 5.92 Å². The first-order valence-corrected chi connectivity index (χ1v) is 2.88. The van der Waals surface area contributed by atoms with Crippen LogP contribution in [0.4, 0.5) is 0 Å². The minimum absolute atomic E-state index is 3.27. The van der Waals surface area contributed by atoms with Crippen LogP contribution in [-0.4, -0.2) is 63.9 Å². The summed E-state index contributed by atoms with van der Waals surface area (Å²) in [6.45, 7) is 0. The molecule has 0 heterocycles. The smallest absolute Gasteiger partial charge is 0.294 e. The van der Waals surface area contributed by atoms with Gasteiger partial charge in [-0.2, -0.15) is 0 Å². The van der Waals surface area contributed by atoms with E-state index in [1.807, 2.05) is 0 Å². The maximum Gasteiger partial charge on any atom is 0.294 e. The summed E-state index contributed by atoms with van der Waals surface area (Å²) < 4.78 is 0. The maximum absolute atomic E-state index is 8.30. The lowest BCUT2D eigenvalue weighted by Gasteiger charge is -2.36. The molecule has 0 aliphatic rings. The van der Waals surface area contributed by atoms with Crippen molar-refractivity contribution < 1.29 is 46.0 Å². The van der Waals surface area contributed by atoms with Crippen LogP contribution in [0.25, 0.3) is 0 Å². The third kappa shape index (κ3) is 3.48. The first-order valence-electron chi connectivity index (χ1n) is 2.88. The van der Waals surface area contributed by atoms with Crippen LogP contribution in [0, 0.1) is 5.92 Å². The summed E-state index contributed by atoms with van der Waals surface area (Å²) >= 11 is 0. The fourth-order valence-electron chi connectivity index (χ4n) is 0.779. The average molecular weight is 202 g/mol. The standard InChI is InChI=1S/C4H10O9/c5-2(6,7)1(3(8,9)10)4(11,12)13/h1,5-13H. The number of aliphatic hydroxyl groups is 9. The van der Waals surface area contributed by atoms with Crippen LogP contribution in [-0.2, 0) is 0 Å². The number of hydrogen-bond donors (Lipinski definition) is 9. The third-order valence-corrected chi connectivity index (χ3v) is 1.16. The molecule has 0 unspecified atom stereocenters. The van der Waals surface area contributed by atoms with Gasteiger partial charge in [-0.05, 0) is 0 Å². The normalized spacial score (nSPS) is 15.2. The van der Waals surface area contributed by atoms with Crippen molar-refractivity contribution in [2.24, 2.45) is 5.92 Å². The summed E-state index contributed by atoms with van der Waals surface area (Å²) in [4.78, 5) is 0. The second kappa shape index (κ2) is 3.09. The van der Waals surface area contributed by atoms with Crippen molar-refractivity contribution in [2.45, 2.75) is 17.9 Å². The quantitative estimate of drug-likeness (QED) is 0.201. The molecule has 0 aromatic carbocycles. The average Bonchev–Trinajstić information content (AvgIpc) is 1.44. The molecule has 9 N–H and O–H groups in total. The van der Waals surface area contributed by atoms with Crippen LogP contribution in [0.5, 0.6) is 0 Å². The molecule has 80 valence electrons. The minimum Gasteiger partial charge on any atom is -0.343 e. The third-order valence-electron chi connectivity index (χ3n) is 1.16. The summed E-state index contributed by atoms with van der Waals surface area (Å²) in [5.41, 5.74) is 0. The zero-order valence-corrected chi connectivity index (χ0v) is 6.10. The second-order valence-electron chi connectivity index (χ2n) is 2.49. The van der Waals surface area contributed by atoms with E-state index in [-0.39, 0.29) is 0 Å². The summed E-state index contributed by atoms with van der Waals surface area (Å²) in [5, 5.41) is 74.7. The molecule has 0 aliphatic heterocycles. The van der Waals surface area contributed by atoms with Gasteiger partial charge in [-0.25, -0.2) is 0 Å². The lowest BCUT2D eigenvalue weighted by atomic mass is 10.0. The highest BCUT2D eigenvalue weighted by molar-refractivity contribution is 4.78. The lowest BCUT2D eigenvalue weighted by Crippen LogP contribution is -2.63. The first kappa shape index (κ1) is 12.6. The van der Waals surface area contributed by atoms with Gasteiger partial charge in [0, 0.05) is 0 Å². The first-order chi connectivity index (χ1) is 5.37. The van der Waals surface area contributed by atoms with E-state index in [1.54, 1.807) is 0 Å². The van der Waals surface area contributed by atoms with Crippen molar-refractivity contribution in [1.82, 2.24) is 0 Å². The Morgan fingerprint density at radius 1 is 0.462 bits per heavy atom. The Kier molecular flexibility index (Phi) is 3.01. The van der Waals surface area contributed by atoms with Crippen molar-refractivity contribution in [1.29, 1.82) is 0 Å². The Morgan fingerprint density at radius 2 is 0.615 bits per heavy atom. The van der Waals surface area contributed by atoms with E-state index in [1.165, 1.54) is 0 Å². The second-order valence-corrected chi connectivity index (χ2v) is 2.49. The Bertz CT molecular complexity index is 134. The van der Waals surface area contributed by atoms with Crippen molar-refractivity contribution in [3.63, 3.8) is 0 Å². The Labute approximate surface area is 71.0 Å². The molecule has 0 saturated heterocycles. The van der Waals surface area contributed by atoms with Crippen LogP contribution >= 0.6 is 0 Å². The van der Waals surface area contributed by atoms with E-state index < -0.39 is 23.8 Å². The van der Waals surface area contributed by atoms with Gasteiger partial charge < -0.3 is 46.0 Å². The van der Waals surface area contributed by atoms with E-state index in [4.69, 9.17) is 46.0 Å². The van der Waals surface area contributed by atoms with E-state index in [0.29, 0.717) is 0 Å². The molecule has 0 atom stereocenters. The summed E-state index contributed by atoms with van der Waals surface area (Å²) in [7, 11) is 0. The largest absolute Gasteiger partial charge is 0.343 e. The molecule has 0 aromatic rings. The van der Waals surface area contributed by atoms with E-state index >= 15 is 0 Å². The van der Waals surface area contributed by atoms with Gasteiger partial charge in [0.15, 0.2) is 0 Å². The predicted octanol–water partition coefficient (Wildman–Crippen LogP) is -5.51. The molecule has 0 bridgehead atoms. The predicted molar refractivity (Wildman–Crippen MR) is 31.7 cm³/mol. The van der Waals surface area contributed by atoms with Crippen molar-refractivity contribution in [2.75, 3.05) is 0 Å². The van der Waals surface area contributed by atoms with E-state index in [2.05, 4.69) is 0 Å². The Hall–Kier alpha value is -0.360. The summed E-state index contributed by atoms with van der Waals surface area (Å²) in [6.07, 6.45) is 0. The van der Waals surface area contributed by atoms with Gasteiger partial charge in [-0.3, -0.25) is 0 Å². The SMILES string of the molecule is OC(O)(O)C(C(O)(O)O)C(O)(O)O. The van der Waals surface area contributed by atoms with Gasteiger partial charge in [0.1, 0.15) is 0 Å². The summed E-state index contributed by atoms with van der Waals surface area (Å²) in [6, 6.07) is 0. The number of rotatable bonds is 3. The molecule has 0 amide bonds. The molecule has 0 radical (unpaired) electrons. The topological polar surface area (TPSA) is 182 Å². The Morgan fingerprint density at radius 3 is 0.615 bits per heavy atom. The fraction of sp³-hybridized carbons (Fsp3) is 1.00. The van der Waals surface area contributed by atoms with Gasteiger partial charge in [0.05, 0.1) is 0 Å². The van der Waals surface area contributed by atoms with E-state index in [9.17, 15) is 0 Å². The van der Waals surface area contributed by atoms with Gasteiger partial charge in [-0.1, -0.05) is 0 Å². The maximum atomic E-state index is 8.30. The molecule has 0 aromatic heterocycles. The number of hydrogen-bond acceptors (Lipinski definition) is 9. The molecule has 0 rings (SSSR count). The van der Waals surface area contributed by atoms with Gasteiger partial charge >= 0.3 is 0 Å². The highest BCUT2D eigenvalue weighted by Crippen LogP contribution is 2.29. The molecule has 9 heteroatoms. The molecule has 0 aliphatic carbocycles. The lowest BCUT2D eigenvalue weighted by molar-refractivity contribution is -0.516. The van der Waals surface area contributed by atoms with Gasteiger partial charge in [0.25, 0.3) is 17.9 Å². The molecular formula is C4H10O9. The highest BCUT2D eigenvalue weighted by Gasteiger charge is 2.59. The molecule has 0 spiro atoms. The van der Waals surface area contributed by atoms with Crippen molar-refractivity contribution >= 4 is 0 Å². The highest BCUT2D eigenvalue weighted by atomic mass is 16.7.